The molecular weight excluding hydrogens is 514 g/mol. The SMILES string of the molecule is Cc1ccc2nc(N3CCC(C(N)=O)CC3)c(C=C3SC(=S)N(CCCCCC(=O)O)C3=O)c(=O)n2c1. The van der Waals surface area contributed by atoms with Crippen LogP contribution in [0.4, 0.5) is 5.82 Å². The molecule has 0 aromatic carbocycles. The Labute approximate surface area is 223 Å². The number of nitrogens with two attached hydrogens (primary N) is 1. The third kappa shape index (κ3) is 6.02. The molecule has 0 aliphatic carbocycles. The second-order valence-corrected chi connectivity index (χ2v) is 11.0. The van der Waals surface area contributed by atoms with Crippen molar-refractivity contribution in [3.63, 3.8) is 0 Å². The summed E-state index contributed by atoms with van der Waals surface area (Å²) in [6, 6.07) is 3.66. The molecule has 2 saturated heterocycles. The second kappa shape index (κ2) is 11.4. The second-order valence-electron chi connectivity index (χ2n) is 9.29. The van der Waals surface area contributed by atoms with Gasteiger partial charge in [0.05, 0.1) is 10.5 Å². The van der Waals surface area contributed by atoms with Crippen molar-refractivity contribution in [1.29, 1.82) is 0 Å². The molecule has 4 rings (SSSR count). The van der Waals surface area contributed by atoms with Gasteiger partial charge in [0.25, 0.3) is 11.5 Å². The summed E-state index contributed by atoms with van der Waals surface area (Å²) < 4.78 is 1.88. The molecule has 0 spiro atoms. The number of aliphatic carboxylic acids is 1. The zero-order valence-corrected chi connectivity index (χ0v) is 22.1. The minimum absolute atomic E-state index is 0.0934. The highest BCUT2D eigenvalue weighted by molar-refractivity contribution is 8.26. The average molecular weight is 544 g/mol. The van der Waals surface area contributed by atoms with Gasteiger partial charge in [0, 0.05) is 38.2 Å². The lowest BCUT2D eigenvalue weighted by molar-refractivity contribution is -0.137. The molecule has 2 fully saturated rings. The van der Waals surface area contributed by atoms with E-state index in [2.05, 4.69) is 0 Å². The molecule has 4 heterocycles. The van der Waals surface area contributed by atoms with Gasteiger partial charge in [-0.25, -0.2) is 4.98 Å². The summed E-state index contributed by atoms with van der Waals surface area (Å²) in [6.07, 6.45) is 6.35. The Balaban J connectivity index is 1.64. The molecule has 2 aliphatic heterocycles. The first-order valence-electron chi connectivity index (χ1n) is 12.2. The van der Waals surface area contributed by atoms with Gasteiger partial charge >= 0.3 is 5.97 Å². The Morgan fingerprint density at radius 1 is 1.22 bits per heavy atom. The number of aromatic nitrogens is 2. The summed E-state index contributed by atoms with van der Waals surface area (Å²) in [5, 5.41) is 8.79. The van der Waals surface area contributed by atoms with E-state index < -0.39 is 5.97 Å². The number of hydrogen-bond acceptors (Lipinski definition) is 8. The molecule has 0 saturated carbocycles. The van der Waals surface area contributed by atoms with Crippen LogP contribution in [-0.4, -0.2) is 61.1 Å². The molecule has 0 radical (unpaired) electrons. The number of carboxylic acid groups (broad SMARTS) is 1. The maximum Gasteiger partial charge on any atom is 0.303 e. The Morgan fingerprint density at radius 3 is 2.62 bits per heavy atom. The number of rotatable bonds is 9. The molecule has 196 valence electrons. The summed E-state index contributed by atoms with van der Waals surface area (Å²) >= 11 is 6.57. The van der Waals surface area contributed by atoms with Gasteiger partial charge in [-0.15, -0.1) is 0 Å². The highest BCUT2D eigenvalue weighted by Gasteiger charge is 2.33. The van der Waals surface area contributed by atoms with Crippen molar-refractivity contribution in [2.75, 3.05) is 24.5 Å². The number of pyridine rings is 1. The standard InChI is InChI=1S/C25H29N5O5S2/c1-15-6-7-19-27-22(28-11-8-16(9-12-28)21(26)33)17(23(34)30(19)14-15)13-18-24(35)29(25(36)37-18)10-4-2-3-5-20(31)32/h6-7,13-14,16H,2-5,8-12H2,1H3,(H2,26,33)(H,31,32). The van der Waals surface area contributed by atoms with E-state index in [1.165, 1.54) is 9.30 Å². The van der Waals surface area contributed by atoms with Crippen LogP contribution in [0.15, 0.2) is 28.0 Å². The lowest BCUT2D eigenvalue weighted by Crippen LogP contribution is -2.40. The summed E-state index contributed by atoms with van der Waals surface area (Å²) in [7, 11) is 0. The number of anilines is 1. The lowest BCUT2D eigenvalue weighted by atomic mass is 9.96. The summed E-state index contributed by atoms with van der Waals surface area (Å²) in [5.41, 5.74) is 6.88. The van der Waals surface area contributed by atoms with Gasteiger partial charge in [-0.1, -0.05) is 36.5 Å². The van der Waals surface area contributed by atoms with Crippen LogP contribution in [0, 0.1) is 12.8 Å². The van der Waals surface area contributed by atoms with Crippen LogP contribution in [0.5, 0.6) is 0 Å². The fraction of sp³-hybridized carbons (Fsp3) is 0.440. The molecule has 0 unspecified atom stereocenters. The number of primary amides is 1. The highest BCUT2D eigenvalue weighted by Crippen LogP contribution is 2.34. The van der Waals surface area contributed by atoms with Crippen molar-refractivity contribution in [2.24, 2.45) is 11.7 Å². The number of thioether (sulfide) groups is 1. The number of thiocarbonyl (C=S) groups is 1. The van der Waals surface area contributed by atoms with E-state index in [9.17, 15) is 19.2 Å². The number of fused-ring (bicyclic) bond motifs is 1. The van der Waals surface area contributed by atoms with Crippen LogP contribution in [-0.2, 0) is 14.4 Å². The predicted octanol–water partition coefficient (Wildman–Crippen LogP) is 2.55. The van der Waals surface area contributed by atoms with Crippen molar-refractivity contribution in [1.82, 2.24) is 14.3 Å². The summed E-state index contributed by atoms with van der Waals surface area (Å²) in [6.45, 7) is 3.30. The van der Waals surface area contributed by atoms with Crippen LogP contribution in [0.3, 0.4) is 0 Å². The molecule has 10 nitrogen and oxygen atoms in total. The molecule has 0 atom stereocenters. The first-order chi connectivity index (χ1) is 17.7. The van der Waals surface area contributed by atoms with Gasteiger partial charge < -0.3 is 15.7 Å². The quantitative estimate of drug-likeness (QED) is 0.278. The molecule has 2 aromatic heterocycles. The maximum atomic E-state index is 13.6. The number of aryl methyl sites for hydroxylation is 1. The zero-order valence-electron chi connectivity index (χ0n) is 20.5. The van der Waals surface area contributed by atoms with Crippen molar-refractivity contribution >= 4 is 63.6 Å². The predicted molar refractivity (Wildman–Crippen MR) is 146 cm³/mol. The van der Waals surface area contributed by atoms with Crippen molar-refractivity contribution in [3.05, 3.63) is 44.7 Å². The van der Waals surface area contributed by atoms with Gasteiger partial charge in [-0.05, 0) is 50.3 Å². The Morgan fingerprint density at radius 2 is 1.95 bits per heavy atom. The van der Waals surface area contributed by atoms with Crippen LogP contribution in [0.1, 0.15) is 49.7 Å². The molecule has 2 aliphatic rings. The minimum Gasteiger partial charge on any atom is -0.481 e. The normalized spacial score (nSPS) is 17.8. The Bertz CT molecular complexity index is 1350. The van der Waals surface area contributed by atoms with Gasteiger partial charge in [-0.2, -0.15) is 0 Å². The molecule has 2 aromatic rings. The summed E-state index contributed by atoms with van der Waals surface area (Å²) in [5.74, 6) is -1.19. The third-order valence-corrected chi connectivity index (χ3v) is 7.98. The number of amides is 2. The number of carbonyl (C=O) groups is 3. The number of piperidine rings is 1. The van der Waals surface area contributed by atoms with Crippen LogP contribution < -0.4 is 16.2 Å². The first-order valence-corrected chi connectivity index (χ1v) is 13.4. The first kappa shape index (κ1) is 26.8. The largest absolute Gasteiger partial charge is 0.481 e. The molecule has 0 bridgehead atoms. The van der Waals surface area contributed by atoms with E-state index >= 15 is 0 Å². The van der Waals surface area contributed by atoms with Gasteiger partial charge in [-0.3, -0.25) is 28.5 Å². The molecule has 12 heteroatoms. The van der Waals surface area contributed by atoms with E-state index in [0.717, 1.165) is 17.3 Å². The minimum atomic E-state index is -0.839. The average Bonchev–Trinajstić information content (AvgIpc) is 3.13. The third-order valence-electron chi connectivity index (χ3n) is 6.60. The van der Waals surface area contributed by atoms with Crippen molar-refractivity contribution < 1.29 is 19.5 Å². The number of unbranched alkanes of at least 4 members (excludes halogenated alkanes) is 2. The van der Waals surface area contributed by atoms with Crippen molar-refractivity contribution in [2.45, 2.75) is 45.4 Å². The van der Waals surface area contributed by atoms with E-state index in [4.69, 9.17) is 28.0 Å². The van der Waals surface area contributed by atoms with Crippen LogP contribution >= 0.6 is 24.0 Å². The van der Waals surface area contributed by atoms with E-state index in [0.29, 0.717) is 78.0 Å². The Kier molecular flexibility index (Phi) is 8.28. The highest BCUT2D eigenvalue weighted by atomic mass is 32.2. The monoisotopic (exact) mass is 543 g/mol. The fourth-order valence-corrected chi connectivity index (χ4v) is 5.83. The smallest absolute Gasteiger partial charge is 0.303 e. The summed E-state index contributed by atoms with van der Waals surface area (Å²) in [4.78, 5) is 57.7. The molecule has 37 heavy (non-hydrogen) atoms. The maximum absolute atomic E-state index is 13.6. The van der Waals surface area contributed by atoms with E-state index in [1.54, 1.807) is 18.3 Å². The fourth-order valence-electron chi connectivity index (χ4n) is 4.54. The van der Waals surface area contributed by atoms with Crippen LogP contribution in [0.2, 0.25) is 0 Å². The van der Waals surface area contributed by atoms with Crippen LogP contribution in [0.25, 0.3) is 11.7 Å². The lowest BCUT2D eigenvalue weighted by Gasteiger charge is -2.32. The van der Waals surface area contributed by atoms with Crippen molar-refractivity contribution in [3.8, 4) is 0 Å². The number of carboxylic acids is 1. The van der Waals surface area contributed by atoms with Gasteiger partial charge in [0.2, 0.25) is 5.91 Å². The number of nitrogens with zero attached hydrogens (tertiary/aromatic N) is 4. The molecule has 2 amide bonds. The zero-order chi connectivity index (χ0) is 26.7. The molecule has 3 N–H and O–H groups in total. The van der Waals surface area contributed by atoms with E-state index in [-0.39, 0.29) is 29.7 Å². The van der Waals surface area contributed by atoms with Gasteiger partial charge in [0.15, 0.2) is 0 Å². The Hall–Kier alpha value is -3.25. The molecular formula is C25H29N5O5S2. The topological polar surface area (TPSA) is 138 Å². The number of hydrogen-bond donors (Lipinski definition) is 2. The van der Waals surface area contributed by atoms with E-state index in [1.807, 2.05) is 17.9 Å². The van der Waals surface area contributed by atoms with Gasteiger partial charge in [0.1, 0.15) is 15.8 Å². The number of carbonyl (C=O) groups excluding carboxylic acids is 2.